The van der Waals surface area contributed by atoms with E-state index in [1.165, 1.54) is 0 Å². The van der Waals surface area contributed by atoms with Crippen LogP contribution in [0.1, 0.15) is 48.4 Å². The molecular weight excluding hydrogens is 256 g/mol. The highest BCUT2D eigenvalue weighted by Crippen LogP contribution is 2.29. The van der Waals surface area contributed by atoms with Gasteiger partial charge < -0.3 is 21.3 Å². The molecule has 1 fully saturated rings. The second kappa shape index (κ2) is 5.24. The van der Waals surface area contributed by atoms with Gasteiger partial charge in [0, 0.05) is 19.6 Å². The molecule has 0 aliphatic carbocycles. The van der Waals surface area contributed by atoms with Crippen molar-refractivity contribution < 1.29 is 4.79 Å². The topological polar surface area (TPSA) is 96.2 Å². The predicted octanol–water partition coefficient (Wildman–Crippen LogP) is 0.599. The van der Waals surface area contributed by atoms with Gasteiger partial charge in [-0.05, 0) is 19.3 Å². The van der Waals surface area contributed by atoms with Gasteiger partial charge in [-0.1, -0.05) is 6.92 Å². The van der Waals surface area contributed by atoms with Gasteiger partial charge in [0.05, 0.1) is 5.56 Å². The van der Waals surface area contributed by atoms with Crippen LogP contribution in [0.3, 0.4) is 0 Å². The molecule has 20 heavy (non-hydrogen) atoms. The first-order chi connectivity index (χ1) is 9.70. The van der Waals surface area contributed by atoms with E-state index >= 15 is 0 Å². The number of fused-ring (bicyclic) bond motifs is 1. The van der Waals surface area contributed by atoms with Crippen molar-refractivity contribution in [3.8, 4) is 0 Å². The minimum atomic E-state index is -0.524. The smallest absolute Gasteiger partial charge is 0.272 e. The Labute approximate surface area is 118 Å². The van der Waals surface area contributed by atoms with Gasteiger partial charge in [-0.15, -0.1) is 0 Å². The number of hydrogen-bond donors (Lipinski definition) is 3. The quantitative estimate of drug-likeness (QED) is 0.745. The molecule has 1 saturated heterocycles. The normalized spacial score (nSPS) is 21.0. The van der Waals surface area contributed by atoms with Gasteiger partial charge in [-0.2, -0.15) is 4.98 Å². The largest absolute Gasteiger partial charge is 0.370 e. The van der Waals surface area contributed by atoms with E-state index < -0.39 is 6.17 Å². The molecule has 0 radical (unpaired) electrons. The summed E-state index contributed by atoms with van der Waals surface area (Å²) in [6.07, 6.45) is 2.74. The number of carbonyl (C=O) groups is 1. The first kappa shape index (κ1) is 13.1. The predicted molar refractivity (Wildman–Crippen MR) is 76.7 cm³/mol. The van der Waals surface area contributed by atoms with E-state index in [-0.39, 0.29) is 5.91 Å². The third kappa shape index (κ3) is 2.18. The maximum Gasteiger partial charge on any atom is 0.272 e. The van der Waals surface area contributed by atoms with E-state index in [4.69, 9.17) is 5.73 Å². The van der Waals surface area contributed by atoms with Crippen molar-refractivity contribution in [1.82, 2.24) is 15.3 Å². The van der Waals surface area contributed by atoms with Crippen molar-refractivity contribution in [1.29, 1.82) is 0 Å². The summed E-state index contributed by atoms with van der Waals surface area (Å²) in [5, 5.41) is 5.95. The summed E-state index contributed by atoms with van der Waals surface area (Å²) in [7, 11) is 0. The van der Waals surface area contributed by atoms with E-state index in [2.05, 4.69) is 32.4 Å². The summed E-state index contributed by atoms with van der Waals surface area (Å²) in [5.41, 5.74) is 7.04. The van der Waals surface area contributed by atoms with Crippen molar-refractivity contribution in [2.24, 2.45) is 5.73 Å². The molecule has 1 unspecified atom stereocenters. The van der Waals surface area contributed by atoms with E-state index in [0.29, 0.717) is 23.0 Å². The molecule has 7 nitrogen and oxygen atoms in total. The Balaban J connectivity index is 2.01. The Morgan fingerprint density at radius 3 is 2.85 bits per heavy atom. The van der Waals surface area contributed by atoms with Gasteiger partial charge >= 0.3 is 0 Å². The van der Waals surface area contributed by atoms with Crippen molar-refractivity contribution in [3.05, 3.63) is 11.3 Å². The molecule has 108 valence electrons. The zero-order valence-electron chi connectivity index (χ0n) is 11.6. The Morgan fingerprint density at radius 2 is 2.15 bits per heavy atom. The summed E-state index contributed by atoms with van der Waals surface area (Å²) >= 11 is 0. The molecule has 0 bridgehead atoms. The maximum absolute atomic E-state index is 11.9. The van der Waals surface area contributed by atoms with Crippen LogP contribution >= 0.6 is 0 Å². The molecular formula is C13H20N6O. The van der Waals surface area contributed by atoms with Crippen LogP contribution in [0.2, 0.25) is 0 Å². The van der Waals surface area contributed by atoms with Gasteiger partial charge in [-0.25, -0.2) is 4.98 Å². The Hall–Kier alpha value is -1.89. The lowest BCUT2D eigenvalue weighted by Crippen LogP contribution is -2.26. The number of nitrogens with one attached hydrogen (secondary N) is 2. The summed E-state index contributed by atoms with van der Waals surface area (Å²) in [4.78, 5) is 23.1. The van der Waals surface area contributed by atoms with Crippen molar-refractivity contribution in [2.45, 2.75) is 32.4 Å². The summed E-state index contributed by atoms with van der Waals surface area (Å²) in [6, 6.07) is 0. The van der Waals surface area contributed by atoms with E-state index in [9.17, 15) is 4.79 Å². The average molecular weight is 276 g/mol. The summed E-state index contributed by atoms with van der Waals surface area (Å²) in [5.74, 6) is 1.10. The molecule has 1 aromatic heterocycles. The van der Waals surface area contributed by atoms with Gasteiger partial charge in [0.2, 0.25) is 5.95 Å². The monoisotopic (exact) mass is 276 g/mol. The Kier molecular flexibility index (Phi) is 3.43. The Bertz CT molecular complexity index is 526. The number of aromatic nitrogens is 2. The van der Waals surface area contributed by atoms with E-state index in [0.717, 1.165) is 38.9 Å². The minimum Gasteiger partial charge on any atom is -0.370 e. The minimum absolute atomic E-state index is 0.213. The number of hydrogen-bond acceptors (Lipinski definition) is 6. The highest BCUT2D eigenvalue weighted by atomic mass is 16.2. The third-order valence-corrected chi connectivity index (χ3v) is 3.68. The maximum atomic E-state index is 11.9. The number of rotatable bonds is 4. The number of carbonyl (C=O) groups excluding carboxylic acids is 1. The highest BCUT2D eigenvalue weighted by Gasteiger charge is 2.33. The molecule has 4 N–H and O–H groups in total. The molecule has 0 aromatic carbocycles. The van der Waals surface area contributed by atoms with Gasteiger partial charge in [-0.3, -0.25) is 4.79 Å². The van der Waals surface area contributed by atoms with Crippen LogP contribution in [0.4, 0.5) is 11.8 Å². The lowest BCUT2D eigenvalue weighted by molar-refractivity contribution is 0.0953. The van der Waals surface area contributed by atoms with Crippen LogP contribution in [0.25, 0.3) is 0 Å². The number of nitrogens with two attached hydrogens (primary N) is 1. The van der Waals surface area contributed by atoms with Gasteiger partial charge in [0.15, 0.2) is 0 Å². The number of nitrogens with zero attached hydrogens (tertiary/aromatic N) is 3. The summed E-state index contributed by atoms with van der Waals surface area (Å²) in [6.45, 7) is 4.77. The van der Waals surface area contributed by atoms with Crippen LogP contribution in [0.5, 0.6) is 0 Å². The molecule has 0 saturated carbocycles. The first-order valence-corrected chi connectivity index (χ1v) is 7.18. The zero-order valence-corrected chi connectivity index (χ0v) is 11.6. The fraction of sp³-hybridized carbons (Fsp3) is 0.615. The lowest BCUT2D eigenvalue weighted by Gasteiger charge is -2.18. The highest BCUT2D eigenvalue weighted by molar-refractivity contribution is 5.99. The molecule has 3 rings (SSSR count). The van der Waals surface area contributed by atoms with Crippen LogP contribution in [-0.2, 0) is 0 Å². The van der Waals surface area contributed by atoms with Gasteiger partial charge in [0.25, 0.3) is 5.91 Å². The number of amides is 1. The second-order valence-corrected chi connectivity index (χ2v) is 5.21. The van der Waals surface area contributed by atoms with Crippen LogP contribution in [-0.4, -0.2) is 35.5 Å². The SMILES string of the molecule is CCCNc1nc(N2CCCC2)nc2c1C(N)NC2=O. The first-order valence-electron chi connectivity index (χ1n) is 7.18. The zero-order chi connectivity index (χ0) is 14.1. The summed E-state index contributed by atoms with van der Waals surface area (Å²) < 4.78 is 0. The standard InChI is InChI=1S/C13H20N6O/c1-2-5-15-11-8-9(12(20)17-10(8)14)16-13(18-11)19-6-3-4-7-19/h10H,2-7,14H2,1H3,(H,17,20)(H,15,16,18). The molecule has 3 heterocycles. The molecule has 1 aromatic rings. The van der Waals surface area contributed by atoms with Crippen molar-refractivity contribution in [2.75, 3.05) is 29.9 Å². The fourth-order valence-electron chi connectivity index (χ4n) is 2.64. The van der Waals surface area contributed by atoms with Crippen LogP contribution in [0.15, 0.2) is 0 Å². The third-order valence-electron chi connectivity index (χ3n) is 3.68. The molecule has 2 aliphatic heterocycles. The fourth-order valence-corrected chi connectivity index (χ4v) is 2.64. The molecule has 1 atom stereocenters. The van der Waals surface area contributed by atoms with Crippen molar-refractivity contribution in [3.63, 3.8) is 0 Å². The van der Waals surface area contributed by atoms with Crippen molar-refractivity contribution >= 4 is 17.7 Å². The van der Waals surface area contributed by atoms with Crippen LogP contribution in [0, 0.1) is 0 Å². The lowest BCUT2D eigenvalue weighted by atomic mass is 10.2. The van der Waals surface area contributed by atoms with Crippen LogP contribution < -0.4 is 21.3 Å². The second-order valence-electron chi connectivity index (χ2n) is 5.21. The Morgan fingerprint density at radius 1 is 1.40 bits per heavy atom. The average Bonchev–Trinajstić information content (AvgIpc) is 3.05. The molecule has 2 aliphatic rings. The van der Waals surface area contributed by atoms with E-state index in [1.54, 1.807) is 0 Å². The van der Waals surface area contributed by atoms with Gasteiger partial charge in [0.1, 0.15) is 17.7 Å². The molecule has 0 spiro atoms. The van der Waals surface area contributed by atoms with E-state index in [1.807, 2.05) is 0 Å². The molecule has 1 amide bonds. The molecule has 7 heteroatoms. The number of anilines is 2.